The summed E-state index contributed by atoms with van der Waals surface area (Å²) in [5.74, 6) is 0.0918. The summed E-state index contributed by atoms with van der Waals surface area (Å²) < 4.78 is 1.94. The lowest BCUT2D eigenvalue weighted by Gasteiger charge is -2.23. The second-order valence-corrected chi connectivity index (χ2v) is 7.27. The molecule has 1 heterocycles. The van der Waals surface area contributed by atoms with E-state index >= 15 is 0 Å². The summed E-state index contributed by atoms with van der Waals surface area (Å²) in [6, 6.07) is 15.5. The fourth-order valence-corrected chi connectivity index (χ4v) is 3.60. The minimum absolute atomic E-state index is 0.00358. The van der Waals surface area contributed by atoms with E-state index in [0.717, 1.165) is 42.6 Å². The lowest BCUT2D eigenvalue weighted by atomic mass is 10.0. The van der Waals surface area contributed by atoms with Gasteiger partial charge in [-0.25, -0.2) is 0 Å². The van der Waals surface area contributed by atoms with Gasteiger partial charge >= 0.3 is 0 Å². The summed E-state index contributed by atoms with van der Waals surface area (Å²) in [5.41, 5.74) is 3.38. The molecule has 28 heavy (non-hydrogen) atoms. The van der Waals surface area contributed by atoms with Crippen LogP contribution >= 0.6 is 0 Å². The van der Waals surface area contributed by atoms with Crippen LogP contribution in [0.1, 0.15) is 32.3 Å². The predicted molar refractivity (Wildman–Crippen MR) is 116 cm³/mol. The molecule has 0 atom stereocenters. The minimum Gasteiger partial charge on any atom is -0.341 e. The number of pyridine rings is 1. The highest BCUT2D eigenvalue weighted by molar-refractivity contribution is 5.86. The largest absolute Gasteiger partial charge is 0.341 e. The van der Waals surface area contributed by atoms with Crippen molar-refractivity contribution in [2.24, 2.45) is 0 Å². The molecule has 2 aromatic carbocycles. The van der Waals surface area contributed by atoms with E-state index in [2.05, 4.69) is 13.8 Å². The van der Waals surface area contributed by atoms with Crippen molar-refractivity contribution >= 4 is 16.8 Å². The third-order valence-corrected chi connectivity index (χ3v) is 4.97. The van der Waals surface area contributed by atoms with E-state index < -0.39 is 0 Å². The molecule has 0 saturated heterocycles. The van der Waals surface area contributed by atoms with Crippen LogP contribution in [0.25, 0.3) is 22.0 Å². The van der Waals surface area contributed by atoms with Crippen LogP contribution in [-0.4, -0.2) is 28.5 Å². The Morgan fingerprint density at radius 1 is 1.00 bits per heavy atom. The second kappa shape index (κ2) is 8.87. The Kier molecular flexibility index (Phi) is 6.30. The van der Waals surface area contributed by atoms with Gasteiger partial charge < -0.3 is 9.47 Å². The summed E-state index contributed by atoms with van der Waals surface area (Å²) in [5, 5.41) is 0.650. The third-order valence-electron chi connectivity index (χ3n) is 4.97. The van der Waals surface area contributed by atoms with Crippen LogP contribution in [0.3, 0.4) is 0 Å². The van der Waals surface area contributed by atoms with Crippen LogP contribution in [0.2, 0.25) is 0 Å². The van der Waals surface area contributed by atoms with Crippen LogP contribution in [0.4, 0.5) is 0 Å². The number of amides is 1. The molecular weight excluding hydrogens is 348 g/mol. The summed E-state index contributed by atoms with van der Waals surface area (Å²) in [4.78, 5) is 28.0. The Morgan fingerprint density at radius 3 is 2.32 bits per heavy atom. The number of benzene rings is 2. The lowest BCUT2D eigenvalue weighted by molar-refractivity contribution is -0.131. The SMILES string of the molecule is CCCN(CCC)C(=O)Cn1cc(-c2ccccc2)c(=O)c2ccc(C)cc21. The molecule has 0 bridgehead atoms. The van der Waals surface area contributed by atoms with E-state index in [-0.39, 0.29) is 17.9 Å². The molecule has 0 aliphatic carbocycles. The molecule has 0 aliphatic heterocycles. The molecule has 4 nitrogen and oxygen atoms in total. The van der Waals surface area contributed by atoms with Crippen LogP contribution in [0.15, 0.2) is 59.5 Å². The number of rotatable bonds is 7. The first-order chi connectivity index (χ1) is 13.5. The number of carbonyl (C=O) groups is 1. The molecule has 0 unspecified atom stereocenters. The molecule has 0 radical (unpaired) electrons. The molecule has 4 heteroatoms. The molecule has 0 aliphatic rings. The van der Waals surface area contributed by atoms with Crippen molar-refractivity contribution in [3.8, 4) is 11.1 Å². The zero-order chi connectivity index (χ0) is 20.1. The van der Waals surface area contributed by atoms with Crippen molar-refractivity contribution in [1.29, 1.82) is 0 Å². The quantitative estimate of drug-likeness (QED) is 0.603. The summed E-state index contributed by atoms with van der Waals surface area (Å²) in [6.07, 6.45) is 3.71. The monoisotopic (exact) mass is 376 g/mol. The van der Waals surface area contributed by atoms with Crippen molar-refractivity contribution in [2.75, 3.05) is 13.1 Å². The summed E-state index contributed by atoms with van der Waals surface area (Å²) >= 11 is 0. The van der Waals surface area contributed by atoms with Crippen LogP contribution < -0.4 is 5.43 Å². The fourth-order valence-electron chi connectivity index (χ4n) is 3.60. The lowest BCUT2D eigenvalue weighted by Crippen LogP contribution is -2.35. The molecule has 146 valence electrons. The first-order valence-corrected chi connectivity index (χ1v) is 10.0. The van der Waals surface area contributed by atoms with E-state index in [9.17, 15) is 9.59 Å². The minimum atomic E-state index is 0.00358. The first kappa shape index (κ1) is 19.9. The molecule has 0 spiro atoms. The first-order valence-electron chi connectivity index (χ1n) is 10.0. The van der Waals surface area contributed by atoms with Gasteiger partial charge in [0.05, 0.1) is 5.52 Å². The Labute approximate surface area is 166 Å². The Hall–Kier alpha value is -2.88. The third kappa shape index (κ3) is 4.16. The molecular formula is C24H28N2O2. The van der Waals surface area contributed by atoms with Crippen molar-refractivity contribution in [3.05, 3.63) is 70.5 Å². The second-order valence-electron chi connectivity index (χ2n) is 7.27. The van der Waals surface area contributed by atoms with E-state index in [1.807, 2.05) is 71.1 Å². The predicted octanol–water partition coefficient (Wildman–Crippen LogP) is 4.63. The summed E-state index contributed by atoms with van der Waals surface area (Å²) in [7, 11) is 0. The van der Waals surface area contributed by atoms with Gasteiger partial charge in [0.2, 0.25) is 5.91 Å². The molecule has 0 fully saturated rings. The van der Waals surface area contributed by atoms with Gasteiger partial charge in [0.25, 0.3) is 0 Å². The number of aryl methyl sites for hydroxylation is 1. The van der Waals surface area contributed by atoms with Crippen LogP contribution in [0.5, 0.6) is 0 Å². The number of aromatic nitrogens is 1. The van der Waals surface area contributed by atoms with E-state index in [4.69, 9.17) is 0 Å². The molecule has 3 rings (SSSR count). The zero-order valence-electron chi connectivity index (χ0n) is 16.9. The number of carbonyl (C=O) groups excluding carboxylic acids is 1. The van der Waals surface area contributed by atoms with Gasteiger partial charge in [0.1, 0.15) is 6.54 Å². The zero-order valence-corrected chi connectivity index (χ0v) is 16.9. The topological polar surface area (TPSA) is 42.3 Å². The maximum absolute atomic E-state index is 13.1. The molecule has 3 aromatic rings. The normalized spacial score (nSPS) is 11.0. The fraction of sp³-hybridized carbons (Fsp3) is 0.333. The van der Waals surface area contributed by atoms with Crippen molar-refractivity contribution in [3.63, 3.8) is 0 Å². The molecule has 1 amide bonds. The number of fused-ring (bicyclic) bond motifs is 1. The van der Waals surface area contributed by atoms with Gasteiger partial charge in [-0.15, -0.1) is 0 Å². The number of nitrogens with zero attached hydrogens (tertiary/aromatic N) is 2. The maximum Gasteiger partial charge on any atom is 0.242 e. The van der Waals surface area contributed by atoms with Gasteiger partial charge in [-0.3, -0.25) is 9.59 Å². The average Bonchev–Trinajstić information content (AvgIpc) is 2.70. The van der Waals surface area contributed by atoms with Crippen LogP contribution in [0, 0.1) is 6.92 Å². The van der Waals surface area contributed by atoms with Crippen molar-refractivity contribution in [2.45, 2.75) is 40.2 Å². The number of hydrogen-bond donors (Lipinski definition) is 0. The van der Waals surface area contributed by atoms with Gasteiger partial charge in [-0.05, 0) is 43.0 Å². The molecule has 1 aromatic heterocycles. The highest BCUT2D eigenvalue weighted by atomic mass is 16.2. The Bertz CT molecular complexity index is 1020. The highest BCUT2D eigenvalue weighted by Crippen LogP contribution is 2.21. The number of hydrogen-bond acceptors (Lipinski definition) is 2. The smallest absolute Gasteiger partial charge is 0.242 e. The highest BCUT2D eigenvalue weighted by Gasteiger charge is 2.16. The summed E-state index contributed by atoms with van der Waals surface area (Å²) in [6.45, 7) is 7.93. The van der Waals surface area contributed by atoms with E-state index in [1.54, 1.807) is 0 Å². The van der Waals surface area contributed by atoms with Crippen molar-refractivity contribution in [1.82, 2.24) is 9.47 Å². The molecule has 0 N–H and O–H groups in total. The van der Waals surface area contributed by atoms with Gasteiger partial charge in [-0.1, -0.05) is 50.2 Å². The molecule has 0 saturated carbocycles. The Balaban J connectivity index is 2.12. The van der Waals surface area contributed by atoms with Gasteiger partial charge in [0.15, 0.2) is 5.43 Å². The standard InChI is InChI=1S/C24H28N2O2/c1-4-13-25(14-5-2)23(27)17-26-16-21(19-9-7-6-8-10-19)24(28)20-12-11-18(3)15-22(20)26/h6-12,15-16H,4-5,13-14,17H2,1-3H3. The van der Waals surface area contributed by atoms with E-state index in [1.165, 1.54) is 0 Å². The van der Waals surface area contributed by atoms with Gasteiger partial charge in [0, 0.05) is 30.2 Å². The maximum atomic E-state index is 13.1. The Morgan fingerprint density at radius 2 is 1.68 bits per heavy atom. The van der Waals surface area contributed by atoms with Crippen molar-refractivity contribution < 1.29 is 4.79 Å². The average molecular weight is 377 g/mol. The van der Waals surface area contributed by atoms with Gasteiger partial charge in [-0.2, -0.15) is 0 Å². The van der Waals surface area contributed by atoms with E-state index in [0.29, 0.717) is 10.9 Å². The van der Waals surface area contributed by atoms with Crippen LogP contribution in [-0.2, 0) is 11.3 Å².